The van der Waals surface area contributed by atoms with Crippen molar-refractivity contribution in [2.75, 3.05) is 20.1 Å². The van der Waals surface area contributed by atoms with E-state index in [2.05, 4.69) is 5.32 Å². The van der Waals surface area contributed by atoms with Crippen LogP contribution in [0.5, 0.6) is 0 Å². The predicted molar refractivity (Wildman–Crippen MR) is 49.0 cm³/mol. The Bertz CT molecular complexity index is 216. The normalized spacial score (nSPS) is 21.4. The van der Waals surface area contributed by atoms with Crippen molar-refractivity contribution >= 4 is 11.8 Å². The van der Waals surface area contributed by atoms with Crippen LogP contribution in [0.25, 0.3) is 0 Å². The van der Waals surface area contributed by atoms with Gasteiger partial charge in [-0.1, -0.05) is 6.92 Å². The molecule has 13 heavy (non-hydrogen) atoms. The molecule has 4 heteroatoms. The number of carbonyl (C=O) groups excluding carboxylic acids is 2. The van der Waals surface area contributed by atoms with Gasteiger partial charge in [0, 0.05) is 26.6 Å². The average molecular weight is 184 g/mol. The van der Waals surface area contributed by atoms with E-state index in [4.69, 9.17) is 0 Å². The summed E-state index contributed by atoms with van der Waals surface area (Å²) >= 11 is 0. The summed E-state index contributed by atoms with van der Waals surface area (Å²) in [5.74, 6) is -0.0625. The molecule has 0 aromatic heterocycles. The van der Waals surface area contributed by atoms with E-state index in [-0.39, 0.29) is 17.7 Å². The highest BCUT2D eigenvalue weighted by atomic mass is 16.2. The van der Waals surface area contributed by atoms with Crippen molar-refractivity contribution in [1.82, 2.24) is 10.2 Å². The molecule has 0 bridgehead atoms. The van der Waals surface area contributed by atoms with Crippen LogP contribution < -0.4 is 5.32 Å². The number of rotatable bonds is 3. The molecule has 1 saturated heterocycles. The standard InChI is InChI=1S/C9H16N2O2/c1-3-4-11(2)9(13)7-5-8(12)10-6-7/h7H,3-6H2,1-2H3,(H,10,12). The van der Waals surface area contributed by atoms with Gasteiger partial charge in [0.15, 0.2) is 0 Å². The van der Waals surface area contributed by atoms with Crippen LogP contribution in [-0.2, 0) is 9.59 Å². The SMILES string of the molecule is CCCN(C)C(=O)C1CNC(=O)C1. The van der Waals surface area contributed by atoms with Crippen LogP contribution in [0.2, 0.25) is 0 Å². The minimum Gasteiger partial charge on any atom is -0.355 e. The Kier molecular flexibility index (Phi) is 3.28. The van der Waals surface area contributed by atoms with Crippen LogP contribution in [0.15, 0.2) is 0 Å². The Balaban J connectivity index is 2.43. The molecule has 4 nitrogen and oxygen atoms in total. The molecule has 1 aliphatic heterocycles. The monoisotopic (exact) mass is 184 g/mol. The third kappa shape index (κ3) is 2.44. The van der Waals surface area contributed by atoms with Crippen molar-refractivity contribution in [3.63, 3.8) is 0 Å². The summed E-state index contributed by atoms with van der Waals surface area (Å²) in [6.07, 6.45) is 1.31. The fraction of sp³-hybridized carbons (Fsp3) is 0.778. The van der Waals surface area contributed by atoms with Crippen molar-refractivity contribution in [2.24, 2.45) is 5.92 Å². The maximum atomic E-state index is 11.6. The highest BCUT2D eigenvalue weighted by molar-refractivity contribution is 5.89. The molecule has 2 amide bonds. The molecule has 1 aliphatic rings. The van der Waals surface area contributed by atoms with Gasteiger partial charge in [-0.3, -0.25) is 9.59 Å². The molecule has 1 rings (SSSR count). The molecule has 0 aliphatic carbocycles. The van der Waals surface area contributed by atoms with Gasteiger partial charge in [0.25, 0.3) is 0 Å². The van der Waals surface area contributed by atoms with E-state index in [0.717, 1.165) is 13.0 Å². The van der Waals surface area contributed by atoms with Gasteiger partial charge in [-0.15, -0.1) is 0 Å². The van der Waals surface area contributed by atoms with Crippen LogP contribution in [0.4, 0.5) is 0 Å². The Morgan fingerprint density at radius 3 is 2.85 bits per heavy atom. The quantitative estimate of drug-likeness (QED) is 0.670. The summed E-state index contributed by atoms with van der Waals surface area (Å²) in [6, 6.07) is 0. The molecule has 0 spiro atoms. The topological polar surface area (TPSA) is 49.4 Å². The van der Waals surface area contributed by atoms with Gasteiger partial charge in [-0.2, -0.15) is 0 Å². The molecule has 1 N–H and O–H groups in total. The summed E-state index contributed by atoms with van der Waals surface area (Å²) in [5.41, 5.74) is 0. The Labute approximate surface area is 78.3 Å². The fourth-order valence-electron chi connectivity index (χ4n) is 1.54. The zero-order valence-corrected chi connectivity index (χ0v) is 8.17. The molecule has 0 saturated carbocycles. The molecule has 74 valence electrons. The van der Waals surface area contributed by atoms with E-state index in [0.29, 0.717) is 13.0 Å². The Morgan fingerprint density at radius 1 is 1.69 bits per heavy atom. The summed E-state index contributed by atoms with van der Waals surface area (Å²) < 4.78 is 0. The lowest BCUT2D eigenvalue weighted by molar-refractivity contribution is -0.134. The van der Waals surface area contributed by atoms with Gasteiger partial charge in [0.1, 0.15) is 0 Å². The lowest BCUT2D eigenvalue weighted by Crippen LogP contribution is -2.34. The zero-order valence-electron chi connectivity index (χ0n) is 8.17. The molecular weight excluding hydrogens is 168 g/mol. The van der Waals surface area contributed by atoms with Crippen LogP contribution in [0, 0.1) is 5.92 Å². The van der Waals surface area contributed by atoms with Gasteiger partial charge in [-0.05, 0) is 6.42 Å². The maximum absolute atomic E-state index is 11.6. The molecular formula is C9H16N2O2. The molecule has 1 fully saturated rings. The first-order valence-electron chi connectivity index (χ1n) is 4.66. The summed E-state index contributed by atoms with van der Waals surface area (Å²) in [5, 5.41) is 2.66. The van der Waals surface area contributed by atoms with E-state index >= 15 is 0 Å². The first-order chi connectivity index (χ1) is 6.15. The van der Waals surface area contributed by atoms with Crippen molar-refractivity contribution < 1.29 is 9.59 Å². The van der Waals surface area contributed by atoms with Gasteiger partial charge in [0.2, 0.25) is 11.8 Å². The van der Waals surface area contributed by atoms with Crippen LogP contribution >= 0.6 is 0 Å². The second kappa shape index (κ2) is 4.25. The minimum atomic E-state index is -0.135. The van der Waals surface area contributed by atoms with Crippen molar-refractivity contribution in [3.8, 4) is 0 Å². The third-order valence-electron chi connectivity index (χ3n) is 2.26. The second-order valence-corrected chi connectivity index (χ2v) is 3.46. The number of nitrogens with one attached hydrogen (secondary N) is 1. The number of amides is 2. The van der Waals surface area contributed by atoms with Crippen molar-refractivity contribution in [1.29, 1.82) is 0 Å². The smallest absolute Gasteiger partial charge is 0.227 e. The first-order valence-corrected chi connectivity index (χ1v) is 4.66. The molecule has 1 atom stereocenters. The first kappa shape index (κ1) is 10.0. The predicted octanol–water partition coefficient (Wildman–Crippen LogP) is -0.00910. The molecule has 0 aromatic rings. The van der Waals surface area contributed by atoms with Gasteiger partial charge < -0.3 is 10.2 Å². The lowest BCUT2D eigenvalue weighted by Gasteiger charge is -2.18. The van der Waals surface area contributed by atoms with Crippen LogP contribution in [-0.4, -0.2) is 36.9 Å². The number of carbonyl (C=O) groups is 2. The maximum Gasteiger partial charge on any atom is 0.227 e. The minimum absolute atomic E-state index is 0.0109. The molecule has 0 radical (unpaired) electrons. The number of nitrogens with zero attached hydrogens (tertiary/aromatic N) is 1. The van der Waals surface area contributed by atoms with Gasteiger partial charge in [-0.25, -0.2) is 0 Å². The van der Waals surface area contributed by atoms with Gasteiger partial charge in [0.05, 0.1) is 5.92 Å². The van der Waals surface area contributed by atoms with E-state index in [1.54, 1.807) is 11.9 Å². The highest BCUT2D eigenvalue weighted by Crippen LogP contribution is 2.11. The molecule has 0 aromatic carbocycles. The van der Waals surface area contributed by atoms with E-state index in [9.17, 15) is 9.59 Å². The van der Waals surface area contributed by atoms with E-state index in [1.165, 1.54) is 0 Å². The third-order valence-corrected chi connectivity index (χ3v) is 2.26. The number of hydrogen-bond donors (Lipinski definition) is 1. The Morgan fingerprint density at radius 2 is 2.38 bits per heavy atom. The zero-order chi connectivity index (χ0) is 9.84. The van der Waals surface area contributed by atoms with Crippen molar-refractivity contribution in [3.05, 3.63) is 0 Å². The van der Waals surface area contributed by atoms with E-state index < -0.39 is 0 Å². The Hall–Kier alpha value is -1.06. The largest absolute Gasteiger partial charge is 0.355 e. The molecule has 1 heterocycles. The lowest BCUT2D eigenvalue weighted by atomic mass is 10.1. The van der Waals surface area contributed by atoms with Crippen LogP contribution in [0.3, 0.4) is 0 Å². The summed E-state index contributed by atoms with van der Waals surface area (Å²) in [7, 11) is 1.79. The van der Waals surface area contributed by atoms with Crippen molar-refractivity contribution in [2.45, 2.75) is 19.8 Å². The fourth-order valence-corrected chi connectivity index (χ4v) is 1.54. The molecule has 1 unspecified atom stereocenters. The number of hydrogen-bond acceptors (Lipinski definition) is 2. The second-order valence-electron chi connectivity index (χ2n) is 3.46. The summed E-state index contributed by atoms with van der Waals surface area (Å²) in [6.45, 7) is 3.30. The van der Waals surface area contributed by atoms with Crippen LogP contribution in [0.1, 0.15) is 19.8 Å². The average Bonchev–Trinajstić information content (AvgIpc) is 2.51. The highest BCUT2D eigenvalue weighted by Gasteiger charge is 2.29. The van der Waals surface area contributed by atoms with Gasteiger partial charge >= 0.3 is 0 Å². The summed E-state index contributed by atoms with van der Waals surface area (Å²) in [4.78, 5) is 24.2. The van der Waals surface area contributed by atoms with E-state index in [1.807, 2.05) is 6.92 Å².